The van der Waals surface area contributed by atoms with Gasteiger partial charge in [0.2, 0.25) is 4.96 Å². The molecule has 0 aliphatic carbocycles. The van der Waals surface area contributed by atoms with Crippen LogP contribution in [0.5, 0.6) is 11.5 Å². The molecule has 0 atom stereocenters. The molecular formula is C25H20FN5O4S. The smallest absolute Gasteiger partial charge is 0.275 e. The van der Waals surface area contributed by atoms with Crippen LogP contribution in [0.2, 0.25) is 0 Å². The molecule has 0 bridgehead atoms. The van der Waals surface area contributed by atoms with Crippen molar-refractivity contribution in [1.29, 1.82) is 5.26 Å². The van der Waals surface area contributed by atoms with Crippen LogP contribution in [0.15, 0.2) is 58.9 Å². The van der Waals surface area contributed by atoms with Gasteiger partial charge in [-0.1, -0.05) is 24.3 Å². The fourth-order valence-corrected chi connectivity index (χ4v) is 4.06. The molecule has 2 aromatic carbocycles. The van der Waals surface area contributed by atoms with Crippen molar-refractivity contribution in [2.75, 3.05) is 12.4 Å². The van der Waals surface area contributed by atoms with Gasteiger partial charge in [-0.15, -0.1) is 0 Å². The van der Waals surface area contributed by atoms with Gasteiger partial charge in [0, 0.05) is 11.8 Å². The molecule has 0 fully saturated rings. The number of aromatic nitrogens is 3. The number of benzene rings is 2. The summed E-state index contributed by atoms with van der Waals surface area (Å²) in [6.45, 7) is 1.98. The van der Waals surface area contributed by atoms with Crippen LogP contribution in [-0.2, 0) is 17.8 Å². The lowest BCUT2D eigenvalue weighted by Gasteiger charge is -2.11. The Bertz CT molecular complexity index is 1550. The quantitative estimate of drug-likeness (QED) is 0.284. The van der Waals surface area contributed by atoms with E-state index in [2.05, 4.69) is 15.4 Å². The Labute approximate surface area is 209 Å². The molecule has 0 saturated carbocycles. The largest absolute Gasteiger partial charge is 0.493 e. The van der Waals surface area contributed by atoms with Crippen molar-refractivity contribution < 1.29 is 18.7 Å². The number of carbonyl (C=O) groups is 1. The number of rotatable bonds is 8. The molecule has 1 amide bonds. The Morgan fingerprint density at radius 3 is 2.69 bits per heavy atom. The van der Waals surface area contributed by atoms with E-state index in [1.807, 2.05) is 13.0 Å². The standard InChI is InChI=1S/C25H20FN5O4S/c1-3-22-30-31-23(32)12-19(29-25(31)36-22)14-35-20-9-4-15(11-21(20)34-2)10-16(13-27)24(33)28-18-7-5-17(26)6-8-18/h4-12H,3,14H2,1-2H3,(H,28,33)/b16-10+. The van der Waals surface area contributed by atoms with E-state index in [9.17, 15) is 19.2 Å². The minimum atomic E-state index is -0.634. The molecule has 36 heavy (non-hydrogen) atoms. The summed E-state index contributed by atoms with van der Waals surface area (Å²) in [6.07, 6.45) is 2.11. The first kappa shape index (κ1) is 24.6. The molecule has 9 nitrogen and oxygen atoms in total. The molecule has 0 saturated heterocycles. The number of ether oxygens (including phenoxy) is 2. The third kappa shape index (κ3) is 5.56. The number of nitrogens with zero attached hydrogens (tertiary/aromatic N) is 4. The van der Waals surface area contributed by atoms with Gasteiger partial charge in [-0.3, -0.25) is 9.59 Å². The minimum absolute atomic E-state index is 0.0279. The first-order chi connectivity index (χ1) is 17.4. The SMILES string of the molecule is CCc1nn2c(=O)cc(COc3ccc(/C=C(\C#N)C(=O)Nc4ccc(F)cc4)cc3OC)nc2s1. The summed E-state index contributed by atoms with van der Waals surface area (Å²) in [4.78, 5) is 29.7. The van der Waals surface area contributed by atoms with Crippen LogP contribution in [-0.4, -0.2) is 27.6 Å². The molecule has 4 rings (SSSR count). The van der Waals surface area contributed by atoms with Crippen molar-refractivity contribution in [2.45, 2.75) is 20.0 Å². The van der Waals surface area contributed by atoms with Gasteiger partial charge < -0.3 is 14.8 Å². The van der Waals surface area contributed by atoms with Gasteiger partial charge in [0.15, 0.2) is 11.5 Å². The second-order valence-corrected chi connectivity index (χ2v) is 8.50. The number of halogens is 1. The van der Waals surface area contributed by atoms with Crippen LogP contribution in [0.25, 0.3) is 11.0 Å². The van der Waals surface area contributed by atoms with Crippen molar-refractivity contribution in [3.63, 3.8) is 0 Å². The van der Waals surface area contributed by atoms with Crippen LogP contribution >= 0.6 is 11.3 Å². The molecule has 1 N–H and O–H groups in total. The van der Waals surface area contributed by atoms with Crippen LogP contribution in [0.4, 0.5) is 10.1 Å². The number of amides is 1. The van der Waals surface area contributed by atoms with E-state index in [0.717, 1.165) is 5.01 Å². The van der Waals surface area contributed by atoms with E-state index in [0.29, 0.717) is 39.8 Å². The van der Waals surface area contributed by atoms with E-state index in [1.54, 1.807) is 18.2 Å². The summed E-state index contributed by atoms with van der Waals surface area (Å²) in [7, 11) is 1.46. The molecular weight excluding hydrogens is 485 g/mol. The Kier molecular flexibility index (Phi) is 7.36. The van der Waals surface area contributed by atoms with Crippen LogP contribution in [0, 0.1) is 17.1 Å². The monoisotopic (exact) mass is 505 g/mol. The third-order valence-electron chi connectivity index (χ3n) is 4.98. The normalized spacial score (nSPS) is 11.2. The predicted octanol–water partition coefficient (Wildman–Crippen LogP) is 3.99. The molecule has 4 aromatic rings. The molecule has 0 aliphatic heterocycles. The summed E-state index contributed by atoms with van der Waals surface area (Å²) in [5.74, 6) is -0.310. The fourth-order valence-electron chi connectivity index (χ4n) is 3.20. The summed E-state index contributed by atoms with van der Waals surface area (Å²) < 4.78 is 25.6. The highest BCUT2D eigenvalue weighted by molar-refractivity contribution is 7.16. The predicted molar refractivity (Wildman–Crippen MR) is 132 cm³/mol. The average molecular weight is 506 g/mol. The van der Waals surface area contributed by atoms with Gasteiger partial charge in [-0.25, -0.2) is 9.37 Å². The Morgan fingerprint density at radius 1 is 1.22 bits per heavy atom. The van der Waals surface area contributed by atoms with Gasteiger partial charge in [0.25, 0.3) is 11.5 Å². The average Bonchev–Trinajstić information content (AvgIpc) is 3.31. The van der Waals surface area contributed by atoms with Crippen molar-refractivity contribution >= 4 is 34.0 Å². The van der Waals surface area contributed by atoms with E-state index in [4.69, 9.17) is 9.47 Å². The Morgan fingerprint density at radius 2 is 2.00 bits per heavy atom. The highest BCUT2D eigenvalue weighted by Gasteiger charge is 2.13. The van der Waals surface area contributed by atoms with E-state index in [1.165, 1.54) is 59.4 Å². The zero-order valence-electron chi connectivity index (χ0n) is 19.3. The number of methoxy groups -OCH3 is 1. The van der Waals surface area contributed by atoms with Crippen molar-refractivity contribution in [2.24, 2.45) is 0 Å². The van der Waals surface area contributed by atoms with Crippen molar-refractivity contribution in [3.8, 4) is 17.6 Å². The first-order valence-corrected chi connectivity index (χ1v) is 11.6. The fraction of sp³-hybridized carbons (Fsp3) is 0.160. The number of carbonyl (C=O) groups excluding carboxylic acids is 1. The van der Waals surface area contributed by atoms with E-state index in [-0.39, 0.29) is 17.7 Å². The zero-order chi connectivity index (χ0) is 25.7. The van der Waals surface area contributed by atoms with Gasteiger partial charge in [0.1, 0.15) is 29.1 Å². The highest BCUT2D eigenvalue weighted by atomic mass is 32.1. The zero-order valence-corrected chi connectivity index (χ0v) is 20.1. The van der Waals surface area contributed by atoms with Gasteiger partial charge in [-0.05, 0) is 54.5 Å². The molecule has 182 valence electrons. The summed E-state index contributed by atoms with van der Waals surface area (Å²) >= 11 is 1.35. The summed E-state index contributed by atoms with van der Waals surface area (Å²) in [5, 5.41) is 17.0. The number of nitriles is 1. The second kappa shape index (κ2) is 10.8. The lowest BCUT2D eigenvalue weighted by Crippen LogP contribution is -2.16. The molecule has 0 spiro atoms. The Hall–Kier alpha value is -4.56. The number of aryl methyl sites for hydroxylation is 1. The van der Waals surface area contributed by atoms with Crippen LogP contribution < -0.4 is 20.3 Å². The lowest BCUT2D eigenvalue weighted by atomic mass is 10.1. The lowest BCUT2D eigenvalue weighted by molar-refractivity contribution is -0.112. The maximum atomic E-state index is 13.1. The summed E-state index contributed by atoms with van der Waals surface area (Å²) in [6, 6.07) is 13.3. The van der Waals surface area contributed by atoms with Crippen molar-refractivity contribution in [3.05, 3.63) is 86.5 Å². The van der Waals surface area contributed by atoms with Gasteiger partial charge in [0.05, 0.1) is 12.8 Å². The van der Waals surface area contributed by atoms with E-state index >= 15 is 0 Å². The van der Waals surface area contributed by atoms with E-state index < -0.39 is 11.7 Å². The molecule has 0 unspecified atom stereocenters. The van der Waals surface area contributed by atoms with Crippen LogP contribution in [0.1, 0.15) is 23.2 Å². The summed E-state index contributed by atoms with van der Waals surface area (Å²) in [5.41, 5.74) is 0.898. The number of hydrogen-bond acceptors (Lipinski definition) is 8. The number of anilines is 1. The maximum Gasteiger partial charge on any atom is 0.275 e. The Balaban J connectivity index is 1.50. The maximum absolute atomic E-state index is 13.1. The molecule has 0 aliphatic rings. The molecule has 11 heteroatoms. The number of nitrogens with one attached hydrogen (secondary N) is 1. The molecule has 2 heterocycles. The number of hydrogen-bond donors (Lipinski definition) is 1. The van der Waals surface area contributed by atoms with Gasteiger partial charge >= 0.3 is 0 Å². The van der Waals surface area contributed by atoms with Crippen LogP contribution in [0.3, 0.4) is 0 Å². The van der Waals surface area contributed by atoms with Gasteiger partial charge in [-0.2, -0.15) is 14.9 Å². The first-order valence-electron chi connectivity index (χ1n) is 10.8. The third-order valence-corrected chi connectivity index (χ3v) is 6.04. The second-order valence-electron chi connectivity index (χ2n) is 7.46. The van der Waals surface area contributed by atoms with Crippen molar-refractivity contribution in [1.82, 2.24) is 14.6 Å². The topological polar surface area (TPSA) is 119 Å². The minimum Gasteiger partial charge on any atom is -0.493 e. The number of fused-ring (bicyclic) bond motifs is 1. The molecule has 0 radical (unpaired) electrons. The highest BCUT2D eigenvalue weighted by Crippen LogP contribution is 2.29. The molecule has 2 aromatic heterocycles.